The van der Waals surface area contributed by atoms with Gasteiger partial charge >= 0.3 is 0 Å². The minimum atomic E-state index is 0.137. The molecule has 0 radical (unpaired) electrons. The van der Waals surface area contributed by atoms with Crippen LogP contribution < -0.4 is 4.90 Å². The molecule has 0 N–H and O–H groups in total. The zero-order valence-electron chi connectivity index (χ0n) is 11.2. The largest absolute Gasteiger partial charge is 0.338 e. The first kappa shape index (κ1) is 13.0. The van der Waals surface area contributed by atoms with Gasteiger partial charge in [0.1, 0.15) is 0 Å². The summed E-state index contributed by atoms with van der Waals surface area (Å²) in [5.41, 5.74) is 2.22. The number of fused-ring (bicyclic) bond motifs is 1. The first-order valence-corrected chi connectivity index (χ1v) is 7.35. The SMILES string of the molecule is CN1C(=CC(=O)Cc2ccccc2)Sc2ccccc21. The quantitative estimate of drug-likeness (QED) is 0.796. The second-order valence-corrected chi connectivity index (χ2v) is 5.80. The smallest absolute Gasteiger partial charge is 0.162 e. The van der Waals surface area contributed by atoms with Gasteiger partial charge in [-0.15, -0.1) is 0 Å². The molecule has 0 saturated heterocycles. The van der Waals surface area contributed by atoms with E-state index in [4.69, 9.17) is 0 Å². The third-order valence-electron chi connectivity index (χ3n) is 3.28. The number of thioether (sulfide) groups is 1. The van der Waals surface area contributed by atoms with Crippen LogP contribution in [0.5, 0.6) is 0 Å². The van der Waals surface area contributed by atoms with Crippen molar-refractivity contribution in [3.63, 3.8) is 0 Å². The summed E-state index contributed by atoms with van der Waals surface area (Å²) in [5.74, 6) is 0.137. The van der Waals surface area contributed by atoms with Crippen LogP contribution in [0.25, 0.3) is 0 Å². The molecule has 1 heterocycles. The van der Waals surface area contributed by atoms with Crippen LogP contribution in [0.1, 0.15) is 5.56 Å². The fourth-order valence-corrected chi connectivity index (χ4v) is 3.34. The number of benzene rings is 2. The van der Waals surface area contributed by atoms with Crippen LogP contribution in [0.2, 0.25) is 0 Å². The second-order valence-electron chi connectivity index (χ2n) is 4.74. The third-order valence-corrected chi connectivity index (χ3v) is 4.44. The summed E-state index contributed by atoms with van der Waals surface area (Å²) in [7, 11) is 2.00. The molecule has 100 valence electrons. The van der Waals surface area contributed by atoms with Crippen molar-refractivity contribution in [1.29, 1.82) is 0 Å². The number of para-hydroxylation sites is 1. The highest BCUT2D eigenvalue weighted by molar-refractivity contribution is 8.03. The number of hydrogen-bond donors (Lipinski definition) is 0. The van der Waals surface area contributed by atoms with Gasteiger partial charge in [0.05, 0.1) is 10.7 Å². The molecule has 3 rings (SSSR count). The molecule has 3 heteroatoms. The molecule has 0 fully saturated rings. The monoisotopic (exact) mass is 281 g/mol. The summed E-state index contributed by atoms with van der Waals surface area (Å²) in [6.07, 6.45) is 2.20. The Morgan fingerprint density at radius 2 is 1.80 bits per heavy atom. The Morgan fingerprint density at radius 3 is 2.55 bits per heavy atom. The molecule has 0 atom stereocenters. The van der Waals surface area contributed by atoms with Crippen LogP contribution in [0.4, 0.5) is 5.69 Å². The van der Waals surface area contributed by atoms with E-state index >= 15 is 0 Å². The minimum Gasteiger partial charge on any atom is -0.338 e. The van der Waals surface area contributed by atoms with E-state index in [1.807, 2.05) is 49.5 Å². The average Bonchev–Trinajstić information content (AvgIpc) is 2.77. The van der Waals surface area contributed by atoms with Crippen LogP contribution in [0.15, 0.2) is 70.6 Å². The van der Waals surface area contributed by atoms with Gasteiger partial charge in [-0.25, -0.2) is 0 Å². The van der Waals surface area contributed by atoms with Crippen LogP contribution in [-0.2, 0) is 11.2 Å². The Balaban J connectivity index is 1.76. The number of ketones is 1. The maximum atomic E-state index is 12.1. The lowest BCUT2D eigenvalue weighted by molar-refractivity contribution is -0.114. The van der Waals surface area contributed by atoms with Crippen LogP contribution in [-0.4, -0.2) is 12.8 Å². The molecule has 0 saturated carbocycles. The normalized spacial score (nSPS) is 15.4. The standard InChI is InChI=1S/C17H15NOS/c1-18-15-9-5-6-10-16(15)20-17(18)12-14(19)11-13-7-3-2-4-8-13/h2-10,12H,11H2,1H3. The Kier molecular flexibility index (Phi) is 3.61. The van der Waals surface area contributed by atoms with Crippen molar-refractivity contribution < 1.29 is 4.79 Å². The lowest BCUT2D eigenvalue weighted by Crippen LogP contribution is -2.11. The lowest BCUT2D eigenvalue weighted by Gasteiger charge is -2.12. The number of nitrogens with zero attached hydrogens (tertiary/aromatic N) is 1. The van der Waals surface area contributed by atoms with Gasteiger partial charge in [-0.2, -0.15) is 0 Å². The van der Waals surface area contributed by atoms with Gasteiger partial charge < -0.3 is 4.90 Å². The second kappa shape index (κ2) is 5.55. The molecular formula is C17H15NOS. The number of anilines is 1. The number of carbonyl (C=O) groups is 1. The molecule has 0 bridgehead atoms. The summed E-state index contributed by atoms with van der Waals surface area (Å²) >= 11 is 1.65. The predicted molar refractivity (Wildman–Crippen MR) is 83.9 cm³/mol. The molecule has 1 aliphatic heterocycles. The van der Waals surface area contributed by atoms with Gasteiger partial charge in [0.15, 0.2) is 5.78 Å². The van der Waals surface area contributed by atoms with Crippen molar-refractivity contribution in [1.82, 2.24) is 0 Å². The summed E-state index contributed by atoms with van der Waals surface area (Å²) < 4.78 is 0. The number of allylic oxidation sites excluding steroid dienone is 1. The van der Waals surface area contributed by atoms with E-state index in [-0.39, 0.29) is 5.78 Å². The van der Waals surface area contributed by atoms with Gasteiger partial charge in [-0.3, -0.25) is 4.79 Å². The fourth-order valence-electron chi connectivity index (χ4n) is 2.23. The first-order valence-electron chi connectivity index (χ1n) is 6.53. The Labute approximate surface area is 123 Å². The maximum absolute atomic E-state index is 12.1. The highest BCUT2D eigenvalue weighted by atomic mass is 32.2. The molecule has 0 aromatic heterocycles. The summed E-state index contributed by atoms with van der Waals surface area (Å²) in [6.45, 7) is 0. The Hall–Kier alpha value is -2.00. The average molecular weight is 281 g/mol. The fraction of sp³-hybridized carbons (Fsp3) is 0.118. The van der Waals surface area contributed by atoms with E-state index in [1.54, 1.807) is 17.8 Å². The van der Waals surface area contributed by atoms with Crippen molar-refractivity contribution in [2.75, 3.05) is 11.9 Å². The first-order chi connectivity index (χ1) is 9.74. The molecule has 20 heavy (non-hydrogen) atoms. The van der Waals surface area contributed by atoms with E-state index < -0.39 is 0 Å². The third kappa shape index (κ3) is 2.63. The Bertz CT molecular complexity index is 664. The number of hydrogen-bond acceptors (Lipinski definition) is 3. The maximum Gasteiger partial charge on any atom is 0.162 e. The van der Waals surface area contributed by atoms with E-state index in [9.17, 15) is 4.79 Å². The van der Waals surface area contributed by atoms with Crippen molar-refractivity contribution >= 4 is 23.2 Å². The Morgan fingerprint density at radius 1 is 1.10 bits per heavy atom. The molecule has 2 aromatic rings. The summed E-state index contributed by atoms with van der Waals surface area (Å²) in [4.78, 5) is 15.4. The molecule has 0 unspecified atom stereocenters. The summed E-state index contributed by atoms with van der Waals surface area (Å²) in [5, 5.41) is 0.993. The number of carbonyl (C=O) groups excluding carboxylic acids is 1. The van der Waals surface area contributed by atoms with E-state index in [0.29, 0.717) is 6.42 Å². The van der Waals surface area contributed by atoms with Crippen LogP contribution in [0.3, 0.4) is 0 Å². The molecule has 0 aliphatic carbocycles. The van der Waals surface area contributed by atoms with Crippen molar-refractivity contribution in [3.8, 4) is 0 Å². The highest BCUT2D eigenvalue weighted by Crippen LogP contribution is 2.44. The van der Waals surface area contributed by atoms with E-state index in [2.05, 4.69) is 17.0 Å². The molecule has 2 aromatic carbocycles. The molecule has 1 aliphatic rings. The van der Waals surface area contributed by atoms with Crippen molar-refractivity contribution in [2.24, 2.45) is 0 Å². The molecular weight excluding hydrogens is 266 g/mol. The van der Waals surface area contributed by atoms with Gasteiger partial charge in [0.2, 0.25) is 0 Å². The van der Waals surface area contributed by atoms with E-state index in [0.717, 1.165) is 16.3 Å². The van der Waals surface area contributed by atoms with Gasteiger partial charge in [-0.1, -0.05) is 54.2 Å². The molecule has 0 amide bonds. The molecule has 0 spiro atoms. The van der Waals surface area contributed by atoms with E-state index in [1.165, 1.54) is 4.90 Å². The van der Waals surface area contributed by atoms with Crippen LogP contribution in [0, 0.1) is 0 Å². The topological polar surface area (TPSA) is 20.3 Å². The van der Waals surface area contributed by atoms with Crippen molar-refractivity contribution in [3.05, 3.63) is 71.3 Å². The zero-order chi connectivity index (χ0) is 13.9. The zero-order valence-corrected chi connectivity index (χ0v) is 12.1. The highest BCUT2D eigenvalue weighted by Gasteiger charge is 2.21. The lowest BCUT2D eigenvalue weighted by atomic mass is 10.1. The summed E-state index contributed by atoms with van der Waals surface area (Å²) in [6, 6.07) is 18.0. The van der Waals surface area contributed by atoms with Gasteiger partial charge in [-0.05, 0) is 17.7 Å². The van der Waals surface area contributed by atoms with Gasteiger partial charge in [0.25, 0.3) is 0 Å². The number of rotatable bonds is 3. The minimum absolute atomic E-state index is 0.137. The predicted octanol–water partition coefficient (Wildman–Crippen LogP) is 3.88. The van der Waals surface area contributed by atoms with Crippen molar-refractivity contribution in [2.45, 2.75) is 11.3 Å². The van der Waals surface area contributed by atoms with Gasteiger partial charge in [0, 0.05) is 24.4 Å². The molecule has 2 nitrogen and oxygen atoms in total. The van der Waals surface area contributed by atoms with Crippen LogP contribution >= 0.6 is 11.8 Å².